The Hall–Kier alpha value is -0.863. The zero-order valence-electron chi connectivity index (χ0n) is 12.2. The molecule has 0 amide bonds. The first kappa shape index (κ1) is 15.2. The number of nitrogens with zero attached hydrogens (tertiary/aromatic N) is 1. The van der Waals surface area contributed by atoms with Crippen molar-refractivity contribution in [3.8, 4) is 0 Å². The third-order valence-electron chi connectivity index (χ3n) is 3.85. The molecule has 0 spiro atoms. The molecule has 0 saturated heterocycles. The van der Waals surface area contributed by atoms with Crippen LogP contribution in [-0.2, 0) is 0 Å². The second-order valence-electron chi connectivity index (χ2n) is 4.77. The predicted molar refractivity (Wildman–Crippen MR) is 84.7 cm³/mol. The zero-order chi connectivity index (χ0) is 13.4. The molecule has 0 aliphatic rings. The molecule has 100 valence electrons. The van der Waals surface area contributed by atoms with Gasteiger partial charge in [-0.2, -0.15) is 0 Å². The maximum absolute atomic E-state index is 4.20. The fourth-order valence-electron chi connectivity index (χ4n) is 2.79. The molecule has 1 unspecified atom stereocenters. The Bertz CT molecular complexity index is 345. The highest BCUT2D eigenvalue weighted by Crippen LogP contribution is 2.20. The van der Waals surface area contributed by atoms with Gasteiger partial charge >= 0.3 is 0 Å². The third-order valence-corrected chi connectivity index (χ3v) is 8.74. The van der Waals surface area contributed by atoms with Gasteiger partial charge in [-0.15, -0.1) is 6.58 Å². The van der Waals surface area contributed by atoms with E-state index in [2.05, 4.69) is 67.9 Å². The van der Waals surface area contributed by atoms with Crippen molar-refractivity contribution in [3.63, 3.8) is 0 Å². The molecule has 0 aliphatic carbocycles. The Labute approximate surface area is 114 Å². The average molecular weight is 261 g/mol. The van der Waals surface area contributed by atoms with Crippen LogP contribution in [0.3, 0.4) is 0 Å². The fourth-order valence-corrected chi connectivity index (χ4v) is 7.25. The maximum Gasteiger partial charge on any atom is 0.184 e. The number of hydrogen-bond donors (Lipinski definition) is 0. The Balaban J connectivity index is 3.17. The van der Waals surface area contributed by atoms with Gasteiger partial charge in [-0.3, -0.25) is 0 Å². The summed E-state index contributed by atoms with van der Waals surface area (Å²) in [5, 5.41) is 1.51. The van der Waals surface area contributed by atoms with Crippen LogP contribution in [0.1, 0.15) is 33.6 Å². The van der Waals surface area contributed by atoms with Crippen LogP contribution in [0.25, 0.3) is 0 Å². The van der Waals surface area contributed by atoms with E-state index in [1.807, 2.05) is 0 Å². The summed E-state index contributed by atoms with van der Waals surface area (Å²) in [6, 6.07) is 12.3. The quantitative estimate of drug-likeness (QED) is 0.645. The monoisotopic (exact) mass is 261 g/mol. The van der Waals surface area contributed by atoms with E-state index < -0.39 is 8.24 Å². The van der Waals surface area contributed by atoms with E-state index in [0.29, 0.717) is 0 Å². The third kappa shape index (κ3) is 3.12. The highest BCUT2D eigenvalue weighted by molar-refractivity contribution is 6.93. The molecule has 1 atom stereocenters. The number of hydrogen-bond acceptors (Lipinski definition) is 1. The van der Waals surface area contributed by atoms with Crippen molar-refractivity contribution in [3.05, 3.63) is 42.6 Å². The highest BCUT2D eigenvalue weighted by Gasteiger charge is 2.36. The molecular weight excluding hydrogens is 234 g/mol. The Morgan fingerprint density at radius 3 is 2.17 bits per heavy atom. The minimum atomic E-state index is -1.70. The van der Waals surface area contributed by atoms with E-state index in [4.69, 9.17) is 0 Å². The van der Waals surface area contributed by atoms with Crippen molar-refractivity contribution >= 4 is 13.4 Å². The molecule has 18 heavy (non-hydrogen) atoms. The topological polar surface area (TPSA) is 3.24 Å². The largest absolute Gasteiger partial charge is 0.317 e. The van der Waals surface area contributed by atoms with Crippen LogP contribution in [-0.4, -0.2) is 25.9 Å². The maximum atomic E-state index is 4.20. The van der Waals surface area contributed by atoms with E-state index in [1.165, 1.54) is 24.1 Å². The fraction of sp³-hybridized carbons (Fsp3) is 0.500. The van der Waals surface area contributed by atoms with E-state index in [9.17, 15) is 0 Å². The molecule has 1 aromatic carbocycles. The van der Waals surface area contributed by atoms with Gasteiger partial charge in [0.25, 0.3) is 0 Å². The van der Waals surface area contributed by atoms with Gasteiger partial charge in [0.2, 0.25) is 0 Å². The molecule has 0 N–H and O–H groups in total. The minimum absolute atomic E-state index is 1.12. The van der Waals surface area contributed by atoms with Crippen LogP contribution in [0.2, 0.25) is 6.04 Å². The average Bonchev–Trinajstić information content (AvgIpc) is 2.44. The van der Waals surface area contributed by atoms with Gasteiger partial charge in [0.05, 0.1) is 0 Å². The highest BCUT2D eigenvalue weighted by atomic mass is 28.3. The molecule has 0 saturated carbocycles. The first-order valence-corrected chi connectivity index (χ1v) is 9.42. The molecule has 0 aromatic heterocycles. The summed E-state index contributed by atoms with van der Waals surface area (Å²) in [5.41, 5.74) is 2.28. The smallest absolute Gasteiger partial charge is 0.184 e. The number of benzene rings is 1. The number of rotatable bonds is 8. The second-order valence-corrected chi connectivity index (χ2v) is 8.74. The lowest BCUT2D eigenvalue weighted by atomic mass is 10.4. The zero-order valence-corrected chi connectivity index (χ0v) is 13.2. The normalized spacial score (nSPS) is 14.4. The molecule has 1 aromatic rings. The van der Waals surface area contributed by atoms with Crippen molar-refractivity contribution < 1.29 is 0 Å². The minimum Gasteiger partial charge on any atom is -0.317 e. The summed E-state index contributed by atoms with van der Waals surface area (Å²) in [6.07, 6.45) is 2.56. The van der Waals surface area contributed by atoms with Crippen molar-refractivity contribution in [1.29, 1.82) is 0 Å². The van der Waals surface area contributed by atoms with E-state index in [0.717, 1.165) is 13.1 Å². The first-order valence-electron chi connectivity index (χ1n) is 7.19. The summed E-state index contributed by atoms with van der Waals surface area (Å²) >= 11 is 0. The summed E-state index contributed by atoms with van der Waals surface area (Å²) in [4.78, 5) is 0. The molecule has 0 bridgehead atoms. The molecule has 1 nitrogen and oxygen atoms in total. The van der Waals surface area contributed by atoms with Crippen LogP contribution in [0.15, 0.2) is 42.6 Å². The second kappa shape index (κ2) is 7.55. The molecule has 0 aliphatic heterocycles. The van der Waals surface area contributed by atoms with E-state index in [1.54, 1.807) is 0 Å². The summed E-state index contributed by atoms with van der Waals surface area (Å²) in [7, 11) is -1.70. The van der Waals surface area contributed by atoms with Crippen LogP contribution < -0.4 is 5.19 Å². The van der Waals surface area contributed by atoms with Gasteiger partial charge in [0.15, 0.2) is 8.24 Å². The lowest BCUT2D eigenvalue weighted by Gasteiger charge is -2.39. The van der Waals surface area contributed by atoms with Crippen molar-refractivity contribution in [2.24, 2.45) is 0 Å². The summed E-state index contributed by atoms with van der Waals surface area (Å²) in [6.45, 7) is 13.2. The Morgan fingerprint density at radius 2 is 1.72 bits per heavy atom. The van der Waals surface area contributed by atoms with Gasteiger partial charge in [-0.1, -0.05) is 69.6 Å². The van der Waals surface area contributed by atoms with E-state index in [-0.39, 0.29) is 0 Å². The van der Waals surface area contributed by atoms with Crippen molar-refractivity contribution in [2.45, 2.75) is 39.7 Å². The van der Waals surface area contributed by atoms with Crippen LogP contribution in [0.5, 0.6) is 0 Å². The van der Waals surface area contributed by atoms with Gasteiger partial charge in [0.1, 0.15) is 0 Å². The SMILES string of the molecule is C=C[Si](CCCC)(c1ccccc1)N(CC)CC. The summed E-state index contributed by atoms with van der Waals surface area (Å²) < 4.78 is 2.66. The molecule has 0 heterocycles. The molecular formula is C16H27NSi. The van der Waals surface area contributed by atoms with Gasteiger partial charge in [0, 0.05) is 0 Å². The van der Waals surface area contributed by atoms with Crippen LogP contribution in [0, 0.1) is 0 Å². The molecule has 0 fully saturated rings. The Morgan fingerprint density at radius 1 is 1.11 bits per heavy atom. The first-order chi connectivity index (χ1) is 8.75. The predicted octanol–water partition coefficient (Wildman–Crippen LogP) is 3.71. The van der Waals surface area contributed by atoms with Gasteiger partial charge in [-0.25, -0.2) is 0 Å². The van der Waals surface area contributed by atoms with Gasteiger partial charge in [-0.05, 0) is 24.3 Å². The lowest BCUT2D eigenvalue weighted by Crippen LogP contribution is -2.61. The number of unbranched alkanes of at least 4 members (excludes halogenated alkanes) is 1. The van der Waals surface area contributed by atoms with Crippen molar-refractivity contribution in [2.75, 3.05) is 13.1 Å². The Kier molecular flexibility index (Phi) is 6.37. The molecule has 1 rings (SSSR count). The molecule has 2 heteroatoms. The van der Waals surface area contributed by atoms with Gasteiger partial charge < -0.3 is 4.57 Å². The molecule has 0 radical (unpaired) electrons. The van der Waals surface area contributed by atoms with Crippen LogP contribution >= 0.6 is 0 Å². The lowest BCUT2D eigenvalue weighted by molar-refractivity contribution is 0.470. The standard InChI is InChI=1S/C16H27NSi/c1-5-9-15-18(8-4,17(6-2)7-3)16-13-11-10-12-14-16/h8,10-14H,4-7,9,15H2,1-3H3. The van der Waals surface area contributed by atoms with Crippen LogP contribution in [0.4, 0.5) is 0 Å². The van der Waals surface area contributed by atoms with E-state index >= 15 is 0 Å². The summed E-state index contributed by atoms with van der Waals surface area (Å²) in [5.74, 6) is 0. The van der Waals surface area contributed by atoms with Crippen molar-refractivity contribution in [1.82, 2.24) is 4.57 Å².